The van der Waals surface area contributed by atoms with Crippen LogP contribution >= 0.6 is 0 Å². The van der Waals surface area contributed by atoms with Crippen LogP contribution in [0.1, 0.15) is 12.8 Å². The molecule has 0 radical (unpaired) electrons. The summed E-state index contributed by atoms with van der Waals surface area (Å²) in [6.07, 6.45) is 2.56. The van der Waals surface area contributed by atoms with Gasteiger partial charge in [0.25, 0.3) is 0 Å². The molecule has 1 N–H and O–H groups in total. The predicted octanol–water partition coefficient (Wildman–Crippen LogP) is 1.65. The minimum Gasteiger partial charge on any atom is -0.486 e. The van der Waals surface area contributed by atoms with Crippen LogP contribution in [0, 0.1) is 5.92 Å². The highest BCUT2D eigenvalue weighted by molar-refractivity contribution is 5.57. The van der Waals surface area contributed by atoms with E-state index >= 15 is 0 Å². The Morgan fingerprint density at radius 1 is 1.11 bits per heavy atom. The summed E-state index contributed by atoms with van der Waals surface area (Å²) in [4.78, 5) is 2.49. The molecule has 1 aromatic rings. The van der Waals surface area contributed by atoms with Crippen molar-refractivity contribution in [1.29, 1.82) is 0 Å². The molecular weight excluding hydrogens is 240 g/mol. The van der Waals surface area contributed by atoms with E-state index in [4.69, 9.17) is 9.47 Å². The van der Waals surface area contributed by atoms with Gasteiger partial charge in [-0.05, 0) is 37.4 Å². The molecule has 2 fully saturated rings. The minimum absolute atomic E-state index is 0.658. The summed E-state index contributed by atoms with van der Waals surface area (Å²) in [5, 5.41) is 3.61. The Morgan fingerprint density at radius 2 is 2.00 bits per heavy atom. The summed E-state index contributed by atoms with van der Waals surface area (Å²) in [6.45, 7) is 4.80. The largest absolute Gasteiger partial charge is 0.486 e. The van der Waals surface area contributed by atoms with Crippen LogP contribution in [0.3, 0.4) is 0 Å². The second-order valence-corrected chi connectivity index (χ2v) is 5.67. The maximum atomic E-state index is 5.68. The van der Waals surface area contributed by atoms with E-state index < -0.39 is 0 Å². The number of ether oxygens (including phenoxy) is 2. The van der Waals surface area contributed by atoms with Gasteiger partial charge in [0, 0.05) is 30.9 Å². The topological polar surface area (TPSA) is 33.7 Å². The fourth-order valence-electron chi connectivity index (χ4n) is 3.51. The fourth-order valence-corrected chi connectivity index (χ4v) is 3.51. The molecule has 2 atom stereocenters. The van der Waals surface area contributed by atoms with Crippen LogP contribution in [0.5, 0.6) is 11.5 Å². The second kappa shape index (κ2) is 4.60. The Balaban J connectivity index is 1.55. The summed E-state index contributed by atoms with van der Waals surface area (Å²) < 4.78 is 11.3. The zero-order valence-electron chi connectivity index (χ0n) is 11.1. The number of benzene rings is 1. The Hall–Kier alpha value is -1.42. The van der Waals surface area contributed by atoms with Crippen molar-refractivity contribution in [2.24, 2.45) is 5.92 Å². The van der Waals surface area contributed by atoms with Crippen molar-refractivity contribution < 1.29 is 9.47 Å². The number of nitrogens with zero attached hydrogens (tertiary/aromatic N) is 1. The van der Waals surface area contributed by atoms with Gasteiger partial charge in [-0.3, -0.25) is 0 Å². The van der Waals surface area contributed by atoms with Crippen LogP contribution in [0.2, 0.25) is 0 Å². The molecule has 3 aliphatic heterocycles. The lowest BCUT2D eigenvalue weighted by molar-refractivity contribution is 0.171. The van der Waals surface area contributed by atoms with E-state index in [9.17, 15) is 0 Å². The molecule has 0 saturated carbocycles. The van der Waals surface area contributed by atoms with E-state index in [1.165, 1.54) is 25.1 Å². The van der Waals surface area contributed by atoms with E-state index in [0.717, 1.165) is 36.5 Å². The highest BCUT2D eigenvalue weighted by Crippen LogP contribution is 2.36. The summed E-state index contributed by atoms with van der Waals surface area (Å²) in [5.41, 5.74) is 1.27. The Kier molecular flexibility index (Phi) is 2.76. The molecule has 0 amide bonds. The SMILES string of the molecule is c1cc2c(cc1N1CCC3NCCC3C1)OCCO2. The van der Waals surface area contributed by atoms with Crippen LogP contribution in [0.25, 0.3) is 0 Å². The zero-order chi connectivity index (χ0) is 12.7. The van der Waals surface area contributed by atoms with Gasteiger partial charge >= 0.3 is 0 Å². The molecule has 19 heavy (non-hydrogen) atoms. The van der Waals surface area contributed by atoms with Crippen LogP contribution in [0.15, 0.2) is 18.2 Å². The van der Waals surface area contributed by atoms with Gasteiger partial charge in [0.05, 0.1) is 0 Å². The first-order chi connectivity index (χ1) is 9.40. The number of hydrogen-bond donors (Lipinski definition) is 1. The van der Waals surface area contributed by atoms with Crippen molar-refractivity contribution in [2.45, 2.75) is 18.9 Å². The third kappa shape index (κ3) is 2.04. The monoisotopic (exact) mass is 260 g/mol. The molecule has 4 rings (SSSR count). The number of piperidine rings is 1. The summed E-state index contributed by atoms with van der Waals surface area (Å²) in [7, 11) is 0. The fraction of sp³-hybridized carbons (Fsp3) is 0.600. The molecule has 3 heterocycles. The third-order valence-corrected chi connectivity index (χ3v) is 4.55. The molecule has 4 nitrogen and oxygen atoms in total. The first-order valence-corrected chi connectivity index (χ1v) is 7.28. The second-order valence-electron chi connectivity index (χ2n) is 5.67. The standard InChI is InChI=1S/C15H20N2O2/c1-2-14-15(19-8-7-18-14)9-12(1)17-6-4-13-11(10-17)3-5-16-13/h1-2,9,11,13,16H,3-8,10H2. The van der Waals surface area contributed by atoms with Gasteiger partial charge in [0.15, 0.2) is 11.5 Å². The average molecular weight is 260 g/mol. The smallest absolute Gasteiger partial charge is 0.163 e. The maximum Gasteiger partial charge on any atom is 0.163 e. The van der Waals surface area contributed by atoms with Gasteiger partial charge in [-0.15, -0.1) is 0 Å². The molecule has 1 aromatic carbocycles. The summed E-state index contributed by atoms with van der Waals surface area (Å²) >= 11 is 0. The first kappa shape index (κ1) is 11.4. The summed E-state index contributed by atoms with van der Waals surface area (Å²) in [6, 6.07) is 7.09. The quantitative estimate of drug-likeness (QED) is 0.832. The number of fused-ring (bicyclic) bond motifs is 2. The first-order valence-electron chi connectivity index (χ1n) is 7.28. The van der Waals surface area contributed by atoms with E-state index in [-0.39, 0.29) is 0 Å². The summed E-state index contributed by atoms with van der Waals surface area (Å²) in [5.74, 6) is 2.59. The van der Waals surface area contributed by atoms with Crippen molar-refractivity contribution >= 4 is 5.69 Å². The third-order valence-electron chi connectivity index (χ3n) is 4.55. The van der Waals surface area contributed by atoms with Crippen molar-refractivity contribution in [1.82, 2.24) is 5.32 Å². The molecule has 2 unspecified atom stereocenters. The minimum atomic E-state index is 0.658. The van der Waals surface area contributed by atoms with Crippen molar-refractivity contribution in [3.05, 3.63) is 18.2 Å². The molecule has 0 bridgehead atoms. The van der Waals surface area contributed by atoms with E-state index in [0.29, 0.717) is 13.2 Å². The lowest BCUT2D eigenvalue weighted by Crippen LogP contribution is -2.44. The lowest BCUT2D eigenvalue weighted by atomic mass is 9.93. The molecule has 4 heteroatoms. The van der Waals surface area contributed by atoms with Crippen molar-refractivity contribution in [3.63, 3.8) is 0 Å². The van der Waals surface area contributed by atoms with Crippen LogP contribution in [-0.2, 0) is 0 Å². The number of hydrogen-bond acceptors (Lipinski definition) is 4. The van der Waals surface area contributed by atoms with E-state index in [1.54, 1.807) is 0 Å². The highest BCUT2D eigenvalue weighted by atomic mass is 16.6. The molecule has 2 saturated heterocycles. The Bertz CT molecular complexity index is 477. The van der Waals surface area contributed by atoms with Gasteiger partial charge in [-0.2, -0.15) is 0 Å². The van der Waals surface area contributed by atoms with E-state index in [1.807, 2.05) is 6.07 Å². The van der Waals surface area contributed by atoms with E-state index in [2.05, 4.69) is 22.3 Å². The molecule has 102 valence electrons. The van der Waals surface area contributed by atoms with Crippen LogP contribution < -0.4 is 19.7 Å². The lowest BCUT2D eigenvalue weighted by Gasteiger charge is -2.36. The molecule has 3 aliphatic rings. The van der Waals surface area contributed by atoms with Crippen LogP contribution in [0.4, 0.5) is 5.69 Å². The Morgan fingerprint density at radius 3 is 2.95 bits per heavy atom. The van der Waals surface area contributed by atoms with Gasteiger partial charge in [-0.25, -0.2) is 0 Å². The number of nitrogens with one attached hydrogen (secondary N) is 1. The highest BCUT2D eigenvalue weighted by Gasteiger charge is 2.32. The predicted molar refractivity (Wildman–Crippen MR) is 74.2 cm³/mol. The maximum absolute atomic E-state index is 5.68. The van der Waals surface area contributed by atoms with Crippen molar-refractivity contribution in [2.75, 3.05) is 37.7 Å². The average Bonchev–Trinajstić information content (AvgIpc) is 2.94. The van der Waals surface area contributed by atoms with Gasteiger partial charge in [0.1, 0.15) is 13.2 Å². The van der Waals surface area contributed by atoms with Gasteiger partial charge in [-0.1, -0.05) is 0 Å². The molecule has 0 aliphatic carbocycles. The zero-order valence-corrected chi connectivity index (χ0v) is 11.1. The van der Waals surface area contributed by atoms with Gasteiger partial charge < -0.3 is 19.7 Å². The van der Waals surface area contributed by atoms with Gasteiger partial charge in [0.2, 0.25) is 0 Å². The number of anilines is 1. The van der Waals surface area contributed by atoms with Crippen molar-refractivity contribution in [3.8, 4) is 11.5 Å². The van der Waals surface area contributed by atoms with Crippen LogP contribution in [-0.4, -0.2) is 38.9 Å². The molecule has 0 spiro atoms. The normalized spacial score (nSPS) is 29.2. The molecular formula is C15H20N2O2. The number of rotatable bonds is 1. The Labute approximate surface area is 113 Å². The molecule has 0 aromatic heterocycles.